The zero-order chi connectivity index (χ0) is 11.0. The fraction of sp³-hybridized carbons (Fsp3) is 0.750. The van der Waals surface area contributed by atoms with Crippen molar-refractivity contribution >= 4 is 0 Å². The summed E-state index contributed by atoms with van der Waals surface area (Å²) in [6.07, 6.45) is 5.47. The topological polar surface area (TPSA) is 33.1 Å². The van der Waals surface area contributed by atoms with Crippen molar-refractivity contribution in [1.29, 1.82) is 0 Å². The number of nitrogens with one attached hydrogen (secondary N) is 1. The van der Waals surface area contributed by atoms with E-state index in [0.29, 0.717) is 0 Å². The quantitative estimate of drug-likeness (QED) is 0.786. The summed E-state index contributed by atoms with van der Waals surface area (Å²) in [5.74, 6) is 1.82. The third kappa shape index (κ3) is 1.99. The number of hydrogen-bond donors (Lipinski definition) is 1. The Morgan fingerprint density at radius 2 is 2.31 bits per heavy atom. The van der Waals surface area contributed by atoms with Crippen LogP contribution in [-0.4, -0.2) is 40.9 Å². The Kier molecular flexibility index (Phi) is 2.69. The molecule has 3 rings (SSSR count). The Bertz CT molecular complexity index is 360. The van der Waals surface area contributed by atoms with Crippen LogP contribution in [0.1, 0.15) is 12.0 Å². The molecule has 88 valence electrons. The van der Waals surface area contributed by atoms with Gasteiger partial charge in [0.2, 0.25) is 0 Å². The van der Waals surface area contributed by atoms with Gasteiger partial charge in [-0.15, -0.1) is 0 Å². The van der Waals surface area contributed by atoms with E-state index in [1.54, 1.807) is 0 Å². The molecular formula is C12H20N4. The average molecular weight is 220 g/mol. The van der Waals surface area contributed by atoms with Crippen LogP contribution >= 0.6 is 0 Å². The van der Waals surface area contributed by atoms with Crippen molar-refractivity contribution in [3.8, 4) is 0 Å². The average Bonchev–Trinajstić information content (AvgIpc) is 2.87. The van der Waals surface area contributed by atoms with Gasteiger partial charge in [0.05, 0.1) is 6.20 Å². The lowest BCUT2D eigenvalue weighted by Gasteiger charge is -2.34. The third-order valence-electron chi connectivity index (χ3n) is 3.95. The molecular weight excluding hydrogens is 200 g/mol. The molecule has 2 fully saturated rings. The predicted octanol–water partition coefficient (Wildman–Crippen LogP) is 0.461. The molecule has 3 heterocycles. The number of rotatable bonds is 2. The van der Waals surface area contributed by atoms with Gasteiger partial charge < -0.3 is 5.32 Å². The molecule has 2 aliphatic rings. The summed E-state index contributed by atoms with van der Waals surface area (Å²) in [4.78, 5) is 2.57. The molecule has 0 spiro atoms. The van der Waals surface area contributed by atoms with E-state index < -0.39 is 0 Å². The summed E-state index contributed by atoms with van der Waals surface area (Å²) >= 11 is 0. The first kappa shape index (κ1) is 10.3. The fourth-order valence-electron chi connectivity index (χ4n) is 3.07. The minimum atomic E-state index is 0.880. The maximum Gasteiger partial charge on any atom is 0.0534 e. The number of likely N-dealkylation sites (tertiary alicyclic amines) is 1. The first-order valence-corrected chi connectivity index (χ1v) is 6.22. The molecule has 0 bridgehead atoms. The van der Waals surface area contributed by atoms with E-state index >= 15 is 0 Å². The van der Waals surface area contributed by atoms with Crippen LogP contribution < -0.4 is 5.32 Å². The smallest absolute Gasteiger partial charge is 0.0534 e. The van der Waals surface area contributed by atoms with Gasteiger partial charge in [0.25, 0.3) is 0 Å². The Hall–Kier alpha value is -0.870. The Morgan fingerprint density at radius 3 is 3.12 bits per heavy atom. The molecule has 0 amide bonds. The number of fused-ring (bicyclic) bond motifs is 1. The summed E-state index contributed by atoms with van der Waals surface area (Å²) in [5, 5.41) is 7.74. The summed E-state index contributed by atoms with van der Waals surface area (Å²) in [6, 6.07) is 0. The highest BCUT2D eigenvalue weighted by molar-refractivity contribution is 5.04. The highest BCUT2D eigenvalue weighted by Crippen LogP contribution is 2.27. The second-order valence-electron chi connectivity index (χ2n) is 5.22. The normalized spacial score (nSPS) is 30.6. The lowest BCUT2D eigenvalue weighted by molar-refractivity contribution is 0.142. The van der Waals surface area contributed by atoms with Gasteiger partial charge in [0, 0.05) is 31.9 Å². The molecule has 16 heavy (non-hydrogen) atoms. The first-order chi connectivity index (χ1) is 7.81. The molecule has 0 unspecified atom stereocenters. The van der Waals surface area contributed by atoms with Gasteiger partial charge in [-0.1, -0.05) is 0 Å². The predicted molar refractivity (Wildman–Crippen MR) is 63.0 cm³/mol. The Morgan fingerprint density at radius 1 is 1.44 bits per heavy atom. The Labute approximate surface area is 96.6 Å². The molecule has 0 radical (unpaired) electrons. The fourth-order valence-corrected chi connectivity index (χ4v) is 3.07. The largest absolute Gasteiger partial charge is 0.316 e. The molecule has 0 aromatic carbocycles. The highest BCUT2D eigenvalue weighted by Gasteiger charge is 2.32. The van der Waals surface area contributed by atoms with Gasteiger partial charge >= 0.3 is 0 Å². The summed E-state index contributed by atoms with van der Waals surface area (Å²) in [5.41, 5.74) is 1.34. The van der Waals surface area contributed by atoms with Crippen molar-refractivity contribution < 1.29 is 0 Å². The summed E-state index contributed by atoms with van der Waals surface area (Å²) in [6.45, 7) is 6.03. The molecule has 2 atom stereocenters. The standard InChI is InChI=1S/C12H20N4/c1-15-7-10(4-14-15)8-16-3-2-11-5-13-6-12(11)9-16/h4,7,11-13H,2-3,5-6,8-9H2,1H3/t11-,12-/m1/s1. The SMILES string of the molecule is Cn1cc(CN2CC[C@@H]3CNC[C@@H]3C2)cn1. The van der Waals surface area contributed by atoms with E-state index in [2.05, 4.69) is 21.5 Å². The van der Waals surface area contributed by atoms with E-state index in [9.17, 15) is 0 Å². The van der Waals surface area contributed by atoms with Crippen LogP contribution in [0.3, 0.4) is 0 Å². The van der Waals surface area contributed by atoms with Crippen molar-refractivity contribution in [2.45, 2.75) is 13.0 Å². The van der Waals surface area contributed by atoms with Gasteiger partial charge in [-0.2, -0.15) is 5.10 Å². The van der Waals surface area contributed by atoms with Crippen molar-refractivity contribution in [2.24, 2.45) is 18.9 Å². The molecule has 1 aromatic rings. The maximum absolute atomic E-state index is 4.23. The van der Waals surface area contributed by atoms with Gasteiger partial charge in [-0.3, -0.25) is 9.58 Å². The van der Waals surface area contributed by atoms with Gasteiger partial charge in [-0.25, -0.2) is 0 Å². The van der Waals surface area contributed by atoms with Crippen LogP contribution in [0.2, 0.25) is 0 Å². The molecule has 1 N–H and O–H groups in total. The molecule has 4 nitrogen and oxygen atoms in total. The van der Waals surface area contributed by atoms with E-state index in [1.165, 1.54) is 38.2 Å². The second-order valence-corrected chi connectivity index (χ2v) is 5.22. The monoisotopic (exact) mass is 220 g/mol. The molecule has 0 aliphatic carbocycles. The minimum absolute atomic E-state index is 0.880. The molecule has 0 saturated carbocycles. The molecule has 2 aliphatic heterocycles. The van der Waals surface area contributed by atoms with Crippen molar-refractivity contribution in [2.75, 3.05) is 26.2 Å². The molecule has 1 aromatic heterocycles. The van der Waals surface area contributed by atoms with Crippen molar-refractivity contribution in [3.05, 3.63) is 18.0 Å². The van der Waals surface area contributed by atoms with Gasteiger partial charge in [-0.05, 0) is 37.9 Å². The first-order valence-electron chi connectivity index (χ1n) is 6.22. The Balaban J connectivity index is 1.60. The van der Waals surface area contributed by atoms with E-state index in [-0.39, 0.29) is 0 Å². The minimum Gasteiger partial charge on any atom is -0.316 e. The van der Waals surface area contributed by atoms with Crippen LogP contribution in [0, 0.1) is 11.8 Å². The lowest BCUT2D eigenvalue weighted by atomic mass is 9.88. The zero-order valence-electron chi connectivity index (χ0n) is 9.89. The van der Waals surface area contributed by atoms with Crippen molar-refractivity contribution in [1.82, 2.24) is 20.0 Å². The van der Waals surface area contributed by atoms with Crippen molar-refractivity contribution in [3.63, 3.8) is 0 Å². The highest BCUT2D eigenvalue weighted by atomic mass is 15.2. The molecule has 4 heteroatoms. The summed E-state index contributed by atoms with van der Waals surface area (Å²) < 4.78 is 1.89. The summed E-state index contributed by atoms with van der Waals surface area (Å²) in [7, 11) is 1.98. The van der Waals surface area contributed by atoms with E-state index in [4.69, 9.17) is 0 Å². The number of hydrogen-bond acceptors (Lipinski definition) is 3. The van der Waals surface area contributed by atoms with Crippen LogP contribution in [0.15, 0.2) is 12.4 Å². The van der Waals surface area contributed by atoms with Gasteiger partial charge in [0.1, 0.15) is 0 Å². The number of piperidine rings is 1. The van der Waals surface area contributed by atoms with Crippen LogP contribution in [0.25, 0.3) is 0 Å². The number of aromatic nitrogens is 2. The second kappa shape index (κ2) is 4.18. The molecule has 2 saturated heterocycles. The third-order valence-corrected chi connectivity index (χ3v) is 3.95. The number of nitrogens with zero attached hydrogens (tertiary/aromatic N) is 3. The number of aryl methyl sites for hydroxylation is 1. The van der Waals surface area contributed by atoms with Crippen LogP contribution in [0.5, 0.6) is 0 Å². The van der Waals surface area contributed by atoms with Crippen LogP contribution in [-0.2, 0) is 13.6 Å². The lowest BCUT2D eigenvalue weighted by Crippen LogP contribution is -2.39. The van der Waals surface area contributed by atoms with E-state index in [1.807, 2.05) is 17.9 Å². The van der Waals surface area contributed by atoms with E-state index in [0.717, 1.165) is 18.4 Å². The van der Waals surface area contributed by atoms with Crippen LogP contribution in [0.4, 0.5) is 0 Å². The maximum atomic E-state index is 4.23. The van der Waals surface area contributed by atoms with Gasteiger partial charge in [0.15, 0.2) is 0 Å². The zero-order valence-corrected chi connectivity index (χ0v) is 9.89.